The van der Waals surface area contributed by atoms with Gasteiger partial charge in [-0.3, -0.25) is 9.78 Å². The zero-order valence-electron chi connectivity index (χ0n) is 21.4. The normalized spacial score (nSPS) is 13.0. The minimum absolute atomic E-state index is 0.133. The van der Waals surface area contributed by atoms with E-state index < -0.39 is 5.97 Å². The minimum atomic E-state index is -0.422. The Kier molecular flexibility index (Phi) is 7.98. The number of nitrogens with one attached hydrogen (secondary N) is 3. The molecule has 1 aliphatic heterocycles. The van der Waals surface area contributed by atoms with Gasteiger partial charge in [0.2, 0.25) is 5.91 Å². The molecule has 0 spiro atoms. The van der Waals surface area contributed by atoms with Crippen LogP contribution in [0.2, 0.25) is 0 Å². The fraction of sp³-hybridized carbons (Fsp3) is 0.214. The van der Waals surface area contributed by atoms with Crippen molar-refractivity contribution in [2.75, 3.05) is 48.8 Å². The Labute approximate surface area is 225 Å². The van der Waals surface area contributed by atoms with Gasteiger partial charge < -0.3 is 25.6 Å². The number of aromatic nitrogens is 4. The fourth-order valence-electron chi connectivity index (χ4n) is 4.22. The number of methoxy groups -OCH3 is 1. The average Bonchev–Trinajstić information content (AvgIpc) is 2.98. The van der Waals surface area contributed by atoms with Crippen molar-refractivity contribution in [3.63, 3.8) is 0 Å². The van der Waals surface area contributed by atoms with Crippen molar-refractivity contribution in [1.29, 1.82) is 0 Å². The van der Waals surface area contributed by atoms with Crippen LogP contribution in [0.5, 0.6) is 0 Å². The zero-order valence-corrected chi connectivity index (χ0v) is 21.4. The van der Waals surface area contributed by atoms with Gasteiger partial charge in [-0.2, -0.15) is 0 Å². The zero-order chi connectivity index (χ0) is 27.0. The number of ether oxygens (including phenoxy) is 1. The fourth-order valence-corrected chi connectivity index (χ4v) is 4.22. The molecule has 0 atom stereocenters. The number of carbonyl (C=O) groups is 2. The molecule has 3 N–H and O–H groups in total. The number of carbonyl (C=O) groups excluding carboxylic acids is 2. The SMILES string of the molecule is COC(=O)c1ccc(CC(=O)Nc2cc(Nc3cnccn3)nc(-c3ccnc(N4CCNCC4)c3)c2)cc1. The van der Waals surface area contributed by atoms with Crippen molar-refractivity contribution in [2.24, 2.45) is 0 Å². The second kappa shape index (κ2) is 12.1. The maximum absolute atomic E-state index is 12.9. The maximum Gasteiger partial charge on any atom is 0.337 e. The lowest BCUT2D eigenvalue weighted by Crippen LogP contribution is -2.43. The van der Waals surface area contributed by atoms with Gasteiger partial charge in [-0.1, -0.05) is 12.1 Å². The van der Waals surface area contributed by atoms with E-state index in [1.807, 2.05) is 18.2 Å². The first kappa shape index (κ1) is 25.7. The molecular weight excluding hydrogens is 496 g/mol. The number of hydrogen-bond donors (Lipinski definition) is 3. The molecule has 4 heterocycles. The van der Waals surface area contributed by atoms with Crippen molar-refractivity contribution in [3.8, 4) is 11.3 Å². The summed E-state index contributed by atoms with van der Waals surface area (Å²) < 4.78 is 4.73. The Hall–Kier alpha value is -4.90. The molecule has 1 aliphatic rings. The number of esters is 1. The van der Waals surface area contributed by atoms with E-state index in [0.717, 1.165) is 43.1 Å². The molecule has 0 saturated carbocycles. The first-order chi connectivity index (χ1) is 19.1. The van der Waals surface area contributed by atoms with Gasteiger partial charge in [0, 0.05) is 62.1 Å². The van der Waals surface area contributed by atoms with Gasteiger partial charge in [-0.25, -0.2) is 19.7 Å². The van der Waals surface area contributed by atoms with Gasteiger partial charge in [0.1, 0.15) is 17.5 Å². The van der Waals surface area contributed by atoms with Crippen LogP contribution < -0.4 is 20.9 Å². The highest BCUT2D eigenvalue weighted by molar-refractivity contribution is 5.94. The highest BCUT2D eigenvalue weighted by atomic mass is 16.5. The van der Waals surface area contributed by atoms with E-state index in [1.165, 1.54) is 7.11 Å². The largest absolute Gasteiger partial charge is 0.465 e. The number of pyridine rings is 2. The molecule has 0 radical (unpaired) electrons. The minimum Gasteiger partial charge on any atom is -0.465 e. The number of nitrogens with zero attached hydrogens (tertiary/aromatic N) is 5. The van der Waals surface area contributed by atoms with Crippen LogP contribution in [-0.2, 0) is 16.0 Å². The molecule has 198 valence electrons. The second-order valence-corrected chi connectivity index (χ2v) is 8.90. The summed E-state index contributed by atoms with van der Waals surface area (Å²) in [6.07, 6.45) is 6.68. The van der Waals surface area contributed by atoms with E-state index >= 15 is 0 Å². The molecule has 3 aromatic heterocycles. The summed E-state index contributed by atoms with van der Waals surface area (Å²) in [7, 11) is 1.33. The van der Waals surface area contributed by atoms with Crippen LogP contribution in [0.25, 0.3) is 11.3 Å². The third-order valence-corrected chi connectivity index (χ3v) is 6.15. The van der Waals surface area contributed by atoms with E-state index in [1.54, 1.807) is 55.1 Å². The lowest BCUT2D eigenvalue weighted by atomic mass is 10.1. The Morgan fingerprint density at radius 1 is 0.974 bits per heavy atom. The third-order valence-electron chi connectivity index (χ3n) is 6.15. The molecule has 11 nitrogen and oxygen atoms in total. The van der Waals surface area contributed by atoms with Gasteiger partial charge >= 0.3 is 5.97 Å². The van der Waals surface area contributed by atoms with Crippen molar-refractivity contribution in [2.45, 2.75) is 6.42 Å². The van der Waals surface area contributed by atoms with Gasteiger partial charge in [0.15, 0.2) is 0 Å². The highest BCUT2D eigenvalue weighted by Gasteiger charge is 2.15. The van der Waals surface area contributed by atoms with E-state index in [2.05, 4.69) is 35.8 Å². The van der Waals surface area contributed by atoms with Crippen molar-refractivity contribution >= 4 is 35.0 Å². The van der Waals surface area contributed by atoms with Crippen molar-refractivity contribution < 1.29 is 14.3 Å². The topological polar surface area (TPSA) is 134 Å². The van der Waals surface area contributed by atoms with Crippen LogP contribution in [-0.4, -0.2) is 65.1 Å². The number of benzene rings is 1. The van der Waals surface area contributed by atoms with Gasteiger partial charge in [0.25, 0.3) is 0 Å². The van der Waals surface area contributed by atoms with Crippen LogP contribution >= 0.6 is 0 Å². The quantitative estimate of drug-likeness (QED) is 0.295. The summed E-state index contributed by atoms with van der Waals surface area (Å²) >= 11 is 0. The van der Waals surface area contributed by atoms with Crippen LogP contribution in [0, 0.1) is 0 Å². The average molecular weight is 525 g/mol. The van der Waals surface area contributed by atoms with Gasteiger partial charge in [-0.05, 0) is 35.9 Å². The third kappa shape index (κ3) is 6.70. The van der Waals surface area contributed by atoms with Crippen LogP contribution in [0.15, 0.2) is 73.3 Å². The molecule has 1 saturated heterocycles. The summed E-state index contributed by atoms with van der Waals surface area (Å²) in [4.78, 5) is 44.6. The molecule has 0 aliphatic carbocycles. The second-order valence-electron chi connectivity index (χ2n) is 8.90. The first-order valence-corrected chi connectivity index (χ1v) is 12.5. The van der Waals surface area contributed by atoms with Gasteiger partial charge in [-0.15, -0.1) is 0 Å². The predicted molar refractivity (Wildman–Crippen MR) is 148 cm³/mol. The number of piperazine rings is 1. The molecule has 1 amide bonds. The summed E-state index contributed by atoms with van der Waals surface area (Å²) in [5.41, 5.74) is 3.30. The van der Waals surface area contributed by atoms with E-state index in [4.69, 9.17) is 9.72 Å². The molecule has 1 aromatic carbocycles. The van der Waals surface area contributed by atoms with Crippen LogP contribution in [0.4, 0.5) is 23.1 Å². The summed E-state index contributed by atoms with van der Waals surface area (Å²) in [5.74, 6) is 1.28. The van der Waals surface area contributed by atoms with E-state index in [9.17, 15) is 9.59 Å². The molecule has 11 heteroatoms. The summed E-state index contributed by atoms with van der Waals surface area (Å²) in [6.45, 7) is 3.56. The Morgan fingerprint density at radius 2 is 1.79 bits per heavy atom. The molecule has 5 rings (SSSR count). The number of hydrogen-bond acceptors (Lipinski definition) is 10. The number of rotatable bonds is 8. The van der Waals surface area contributed by atoms with Crippen LogP contribution in [0.1, 0.15) is 15.9 Å². The smallest absolute Gasteiger partial charge is 0.337 e. The van der Waals surface area contributed by atoms with Crippen molar-refractivity contribution in [3.05, 3.63) is 84.4 Å². The highest BCUT2D eigenvalue weighted by Crippen LogP contribution is 2.27. The maximum atomic E-state index is 12.9. The summed E-state index contributed by atoms with van der Waals surface area (Å²) in [6, 6.07) is 14.2. The predicted octanol–water partition coefficient (Wildman–Crippen LogP) is 3.05. The molecule has 4 aromatic rings. The number of amides is 1. The van der Waals surface area contributed by atoms with Crippen molar-refractivity contribution in [1.82, 2.24) is 25.3 Å². The molecule has 0 unspecified atom stereocenters. The van der Waals surface area contributed by atoms with E-state index in [0.29, 0.717) is 28.6 Å². The van der Waals surface area contributed by atoms with Gasteiger partial charge in [0.05, 0.1) is 31.0 Å². The Bertz CT molecular complexity index is 1440. The standard InChI is InChI=1S/C28H28N8O3/c1-39-28(38)20-4-2-19(3-5-20)14-27(37)33-22-16-23(34-24(17-22)35-25-18-30-8-9-31-25)21-6-7-32-26(15-21)36-12-10-29-11-13-36/h2-9,15-18,29H,10-14H2,1H3,(H2,31,33,34,35,37). The number of anilines is 4. The Morgan fingerprint density at radius 3 is 2.54 bits per heavy atom. The Balaban J connectivity index is 1.39. The molecule has 1 fully saturated rings. The van der Waals surface area contributed by atoms with E-state index in [-0.39, 0.29) is 12.3 Å². The summed E-state index contributed by atoms with van der Waals surface area (Å²) in [5, 5.41) is 9.49. The lowest BCUT2D eigenvalue weighted by Gasteiger charge is -2.28. The molecular formula is C28H28N8O3. The monoisotopic (exact) mass is 524 g/mol. The first-order valence-electron chi connectivity index (χ1n) is 12.5. The molecule has 0 bridgehead atoms. The molecule has 39 heavy (non-hydrogen) atoms. The lowest BCUT2D eigenvalue weighted by molar-refractivity contribution is -0.115. The van der Waals surface area contributed by atoms with Crippen LogP contribution in [0.3, 0.4) is 0 Å².